The van der Waals surface area contributed by atoms with Gasteiger partial charge in [0.2, 0.25) is 5.91 Å². The van der Waals surface area contributed by atoms with Crippen molar-refractivity contribution in [2.75, 3.05) is 19.3 Å². The van der Waals surface area contributed by atoms with E-state index < -0.39 is 44.4 Å². The minimum absolute atomic E-state index is 0.175. The van der Waals surface area contributed by atoms with Gasteiger partial charge in [0.05, 0.1) is 11.6 Å². The number of benzene rings is 1. The first kappa shape index (κ1) is 29.6. The minimum Gasteiger partial charge on any atom is -0.393 e. The Morgan fingerprint density at radius 2 is 1.73 bits per heavy atom. The lowest BCUT2D eigenvalue weighted by atomic mass is 9.90. The van der Waals surface area contributed by atoms with Crippen molar-refractivity contribution in [2.24, 2.45) is 17.4 Å². The van der Waals surface area contributed by atoms with E-state index in [-0.39, 0.29) is 11.8 Å². The molecule has 3 rings (SSSR count). The number of rotatable bonds is 7. The van der Waals surface area contributed by atoms with E-state index in [4.69, 9.17) is 11.5 Å². The van der Waals surface area contributed by atoms with Crippen LogP contribution in [0.1, 0.15) is 78.9 Å². The zero-order valence-corrected chi connectivity index (χ0v) is 23.3. The summed E-state index contributed by atoms with van der Waals surface area (Å²) < 4.78 is 45.2. The summed E-state index contributed by atoms with van der Waals surface area (Å²) >= 11 is 0. The van der Waals surface area contributed by atoms with Crippen molar-refractivity contribution in [1.82, 2.24) is 4.90 Å². The molecule has 1 aromatic carbocycles. The van der Waals surface area contributed by atoms with E-state index in [1.807, 2.05) is 0 Å². The van der Waals surface area contributed by atoms with Crippen LogP contribution in [0.25, 0.3) is 0 Å². The van der Waals surface area contributed by atoms with Gasteiger partial charge in [-0.05, 0) is 103 Å². The number of amides is 2. The van der Waals surface area contributed by atoms with Gasteiger partial charge in [0.25, 0.3) is 5.91 Å². The molecule has 1 saturated carbocycles. The Bertz CT molecular complexity index is 1050. The van der Waals surface area contributed by atoms with Crippen LogP contribution < -0.4 is 11.5 Å². The van der Waals surface area contributed by atoms with Gasteiger partial charge in [0, 0.05) is 30.3 Å². The number of nitrogens with two attached hydrogens (primary N) is 2. The van der Waals surface area contributed by atoms with Crippen LogP contribution in [0.5, 0.6) is 0 Å². The van der Waals surface area contributed by atoms with Crippen molar-refractivity contribution in [3.8, 4) is 0 Å². The third-order valence-electron chi connectivity index (χ3n) is 8.84. The number of alkyl halides is 2. The maximum absolute atomic E-state index is 15.8. The smallest absolute Gasteiger partial charge is 0.304 e. The average Bonchev–Trinajstić information content (AvgIpc) is 3.03. The van der Waals surface area contributed by atoms with Crippen LogP contribution in [0.15, 0.2) is 12.1 Å². The van der Waals surface area contributed by atoms with Crippen LogP contribution in [0.2, 0.25) is 0 Å². The summed E-state index contributed by atoms with van der Waals surface area (Å²) in [7, 11) is -3.99. The number of aryl methyl sites for hydroxylation is 2. The first-order valence-corrected chi connectivity index (χ1v) is 15.4. The topological polar surface area (TPSA) is 127 Å². The van der Waals surface area contributed by atoms with Gasteiger partial charge in [-0.15, -0.1) is 0 Å². The minimum atomic E-state index is -3.99. The molecule has 1 heterocycles. The Morgan fingerprint density at radius 3 is 2.27 bits per heavy atom. The molecule has 5 N–H and O–H groups in total. The van der Waals surface area contributed by atoms with Crippen molar-refractivity contribution in [2.45, 2.75) is 94.3 Å². The van der Waals surface area contributed by atoms with Gasteiger partial charge >= 0.3 is 5.25 Å². The molecule has 10 heteroatoms. The lowest BCUT2D eigenvalue weighted by molar-refractivity contribution is -0.123. The predicted molar refractivity (Wildman–Crippen MR) is 143 cm³/mol. The third-order valence-corrected chi connectivity index (χ3v) is 12.3. The Hall–Kier alpha value is -1.91. The highest BCUT2D eigenvalue weighted by atomic mass is 32.2. The zero-order chi connectivity index (χ0) is 27.8. The van der Waals surface area contributed by atoms with E-state index in [2.05, 4.69) is 0 Å². The fourth-order valence-electron chi connectivity index (χ4n) is 5.84. The maximum Gasteiger partial charge on any atom is 0.304 e. The van der Waals surface area contributed by atoms with Gasteiger partial charge in [-0.1, -0.05) is 13.3 Å². The van der Waals surface area contributed by atoms with Crippen LogP contribution in [-0.2, 0) is 21.1 Å². The molecule has 1 aliphatic carbocycles. The van der Waals surface area contributed by atoms with Crippen LogP contribution >= 0.6 is 0 Å². The maximum atomic E-state index is 15.8. The van der Waals surface area contributed by atoms with E-state index >= 15 is 8.78 Å². The number of piperidine rings is 1. The summed E-state index contributed by atoms with van der Waals surface area (Å²) in [6, 6.07) is 3.26. The fraction of sp³-hybridized carbons (Fsp3) is 0.704. The molecule has 1 aromatic rings. The largest absolute Gasteiger partial charge is 0.393 e. The summed E-state index contributed by atoms with van der Waals surface area (Å²) in [5.74, 6) is -1.00. The number of primary amides is 1. The average molecular weight is 544 g/mol. The van der Waals surface area contributed by atoms with Crippen LogP contribution in [0.3, 0.4) is 0 Å². The highest BCUT2D eigenvalue weighted by Gasteiger charge is 2.48. The number of thiol groups is 1. The summed E-state index contributed by atoms with van der Waals surface area (Å²) in [5.41, 5.74) is 12.4. The van der Waals surface area contributed by atoms with E-state index in [0.29, 0.717) is 80.3 Å². The number of likely N-dealkylation sites (tertiary alicyclic amines) is 1. The van der Waals surface area contributed by atoms with Gasteiger partial charge in [-0.3, -0.25) is 13.8 Å². The fourth-order valence-corrected chi connectivity index (χ4v) is 8.01. The van der Waals surface area contributed by atoms with E-state index in [1.54, 1.807) is 37.8 Å². The number of aliphatic hydroxyl groups excluding tert-OH is 1. The van der Waals surface area contributed by atoms with Crippen LogP contribution in [-0.4, -0.2) is 67.5 Å². The molecule has 0 aromatic heterocycles. The van der Waals surface area contributed by atoms with Gasteiger partial charge in [-0.2, -0.15) is 8.78 Å². The highest BCUT2D eigenvalue weighted by Crippen LogP contribution is 2.42. The first-order valence-electron chi connectivity index (χ1n) is 13.2. The molecule has 2 fully saturated rings. The highest BCUT2D eigenvalue weighted by molar-refractivity contribution is 8.03. The third kappa shape index (κ3) is 6.23. The van der Waals surface area contributed by atoms with Crippen LogP contribution in [0, 0.1) is 19.8 Å². The second-order valence-electron chi connectivity index (χ2n) is 11.4. The number of aliphatic hydroxyl groups is 1. The van der Waals surface area contributed by atoms with Crippen molar-refractivity contribution in [3.05, 3.63) is 34.4 Å². The zero-order valence-electron chi connectivity index (χ0n) is 22.4. The molecule has 2 unspecified atom stereocenters. The molecule has 0 spiro atoms. The molecule has 37 heavy (non-hydrogen) atoms. The molecule has 7 nitrogen and oxygen atoms in total. The normalized spacial score (nSPS) is 25.4. The molecule has 1 saturated heterocycles. The lowest BCUT2D eigenvalue weighted by Crippen LogP contribution is -2.51. The standard InChI is InChI=1S/C27H43F2N3O4S/c1-17-14-21(24(34)32-12-8-22(33)9-13-32)15-18(2)23(17)16-27(28,29)37(4,36)19(3)20-6-5-10-26(31,11-7-20)25(30)35/h14-15,19-20,22,33,37H,5-13,16,31H2,1-4H3,(H2,30,35)/t19-,20?,26?/m0/s1. The Labute approximate surface area is 219 Å². The molecule has 2 aliphatic rings. The van der Waals surface area contributed by atoms with Crippen molar-refractivity contribution >= 4 is 21.7 Å². The Morgan fingerprint density at radius 1 is 1.16 bits per heavy atom. The number of carbonyl (C=O) groups excluding carboxylic acids is 2. The molecule has 210 valence electrons. The SMILES string of the molecule is Cc1cc(C(=O)N2CCC(O)CC2)cc(C)c1CC(F)(F)[SH](C)(=O)[C@@H](C)C1CCCC(N)(C(N)=O)CC1. The van der Waals surface area contributed by atoms with Crippen molar-refractivity contribution in [1.29, 1.82) is 0 Å². The predicted octanol–water partition coefficient (Wildman–Crippen LogP) is 2.83. The summed E-state index contributed by atoms with van der Waals surface area (Å²) in [6.07, 6.45) is 3.45. The number of carbonyl (C=O) groups is 2. The monoisotopic (exact) mass is 543 g/mol. The van der Waals surface area contributed by atoms with Gasteiger partial charge in [0.15, 0.2) is 0 Å². The second-order valence-corrected chi connectivity index (χ2v) is 14.8. The molecule has 1 aliphatic heterocycles. The Kier molecular flexibility index (Phi) is 8.86. The number of hydrogen-bond acceptors (Lipinski definition) is 5. The molecular formula is C27H43F2N3O4S. The molecule has 3 atom stereocenters. The summed E-state index contributed by atoms with van der Waals surface area (Å²) in [4.78, 5) is 26.4. The number of hydrogen-bond donors (Lipinski definition) is 4. The first-order chi connectivity index (χ1) is 17.1. The Balaban J connectivity index is 1.77. The molecule has 0 radical (unpaired) electrons. The number of halogens is 2. The quantitative estimate of drug-likeness (QED) is 0.311. The molecule has 2 amide bonds. The summed E-state index contributed by atoms with van der Waals surface area (Å²) in [5, 5.41) is 5.52. The van der Waals surface area contributed by atoms with E-state index in [9.17, 15) is 18.9 Å². The van der Waals surface area contributed by atoms with Crippen LogP contribution in [0.4, 0.5) is 8.78 Å². The van der Waals surface area contributed by atoms with Gasteiger partial charge < -0.3 is 21.5 Å². The second kappa shape index (κ2) is 11.1. The van der Waals surface area contributed by atoms with Crippen molar-refractivity contribution in [3.63, 3.8) is 0 Å². The number of nitrogens with zero attached hydrogens (tertiary/aromatic N) is 1. The van der Waals surface area contributed by atoms with Crippen molar-refractivity contribution < 1.29 is 27.7 Å². The van der Waals surface area contributed by atoms with Gasteiger partial charge in [0.1, 0.15) is 0 Å². The van der Waals surface area contributed by atoms with Gasteiger partial charge in [-0.25, -0.2) is 0 Å². The lowest BCUT2D eigenvalue weighted by Gasteiger charge is -2.38. The summed E-state index contributed by atoms with van der Waals surface area (Å²) in [6.45, 7) is 5.95. The molecular weight excluding hydrogens is 500 g/mol. The van der Waals surface area contributed by atoms with E-state index in [1.165, 1.54) is 6.26 Å². The molecule has 0 bridgehead atoms. The van der Waals surface area contributed by atoms with E-state index in [0.717, 1.165) is 0 Å².